The van der Waals surface area contributed by atoms with Crippen molar-refractivity contribution in [1.29, 1.82) is 0 Å². The fraction of sp³-hybridized carbons (Fsp3) is 0.767. The Morgan fingerprint density at radius 1 is 0.973 bits per heavy atom. The molecular formula is C30H41F4NOS. The molecule has 37 heavy (non-hydrogen) atoms. The van der Waals surface area contributed by atoms with Gasteiger partial charge in [-0.2, -0.15) is 13.2 Å². The van der Waals surface area contributed by atoms with Crippen LogP contribution in [0.25, 0.3) is 0 Å². The van der Waals surface area contributed by atoms with Crippen LogP contribution in [-0.4, -0.2) is 12.1 Å². The zero-order valence-electron chi connectivity index (χ0n) is 22.1. The summed E-state index contributed by atoms with van der Waals surface area (Å²) < 4.78 is 57.1. The van der Waals surface area contributed by atoms with Gasteiger partial charge in [-0.1, -0.05) is 26.0 Å². The first kappa shape index (κ1) is 27.3. The molecule has 4 saturated carbocycles. The standard InChI is InChI=1S/C30H41F4NOS/c1-28-18-16-22-20(13-15-23-25(31)9-6-17-29(22,23)2)21(28)14-12-19(28)7-5-11-27(36)35-37-26-10-4-3-8-24(26)30(32,33)34/h3-4,8,10,19-23,25H,5-7,9,11-18H2,1-2H3,(H,35,36)/t19?,20?,21?,22?,23?,25?,28?,29-/m1/s1. The summed E-state index contributed by atoms with van der Waals surface area (Å²) in [6.07, 6.45) is 7.10. The van der Waals surface area contributed by atoms with Gasteiger partial charge < -0.3 is 0 Å². The molecule has 0 saturated heterocycles. The van der Waals surface area contributed by atoms with Crippen LogP contribution >= 0.6 is 11.9 Å². The Bertz CT molecular complexity index is 985. The van der Waals surface area contributed by atoms with Gasteiger partial charge in [-0.3, -0.25) is 9.52 Å². The normalized spacial score (nSPS) is 39.4. The van der Waals surface area contributed by atoms with Gasteiger partial charge in [-0.05, 0) is 135 Å². The predicted octanol–water partition coefficient (Wildman–Crippen LogP) is 9.00. The number of nitrogens with one attached hydrogen (secondary N) is 1. The summed E-state index contributed by atoms with van der Waals surface area (Å²) in [6, 6.07) is 5.33. The predicted molar refractivity (Wildman–Crippen MR) is 139 cm³/mol. The summed E-state index contributed by atoms with van der Waals surface area (Å²) in [4.78, 5) is 12.5. The van der Waals surface area contributed by atoms with Gasteiger partial charge in [0.1, 0.15) is 6.17 Å². The van der Waals surface area contributed by atoms with E-state index < -0.39 is 17.9 Å². The molecule has 1 N–H and O–H groups in total. The number of benzene rings is 1. The fourth-order valence-electron chi connectivity index (χ4n) is 9.37. The Morgan fingerprint density at radius 3 is 2.49 bits per heavy atom. The smallest absolute Gasteiger partial charge is 0.296 e. The number of halogens is 4. The number of alkyl halides is 4. The van der Waals surface area contributed by atoms with Crippen molar-refractivity contribution in [3.8, 4) is 0 Å². The molecule has 4 aliphatic carbocycles. The highest BCUT2D eigenvalue weighted by Gasteiger charge is 2.60. The molecule has 7 unspecified atom stereocenters. The van der Waals surface area contributed by atoms with Crippen molar-refractivity contribution in [2.24, 2.45) is 40.4 Å². The number of hydrogen-bond donors (Lipinski definition) is 1. The van der Waals surface area contributed by atoms with E-state index in [-0.39, 0.29) is 22.1 Å². The molecule has 1 aromatic rings. The van der Waals surface area contributed by atoms with Gasteiger partial charge in [0.25, 0.3) is 0 Å². The van der Waals surface area contributed by atoms with Crippen LogP contribution in [0.15, 0.2) is 29.2 Å². The molecule has 0 spiro atoms. The van der Waals surface area contributed by atoms with Gasteiger partial charge in [-0.25, -0.2) is 4.39 Å². The second kappa shape index (κ2) is 10.4. The number of carbonyl (C=O) groups excluding carboxylic acids is 1. The highest BCUT2D eigenvalue weighted by Crippen LogP contribution is 2.68. The van der Waals surface area contributed by atoms with Crippen molar-refractivity contribution in [2.45, 2.75) is 108 Å². The third kappa shape index (κ3) is 5.07. The molecule has 2 nitrogen and oxygen atoms in total. The van der Waals surface area contributed by atoms with E-state index in [0.717, 1.165) is 50.1 Å². The van der Waals surface area contributed by atoms with E-state index in [2.05, 4.69) is 18.6 Å². The molecular weight excluding hydrogens is 498 g/mol. The molecule has 0 aromatic heterocycles. The Kier molecular flexibility index (Phi) is 7.67. The molecule has 4 aliphatic rings. The number of fused-ring (bicyclic) bond motifs is 5. The Hall–Kier alpha value is -1.24. The van der Waals surface area contributed by atoms with Crippen LogP contribution in [0.2, 0.25) is 0 Å². The van der Waals surface area contributed by atoms with Crippen LogP contribution in [0.4, 0.5) is 17.6 Å². The maximum atomic E-state index is 14.9. The van der Waals surface area contributed by atoms with E-state index in [0.29, 0.717) is 35.5 Å². The summed E-state index contributed by atoms with van der Waals surface area (Å²) in [7, 11) is 0. The highest BCUT2D eigenvalue weighted by atomic mass is 32.2. The molecule has 0 aliphatic heterocycles. The van der Waals surface area contributed by atoms with Crippen molar-refractivity contribution in [1.82, 2.24) is 4.72 Å². The summed E-state index contributed by atoms with van der Waals surface area (Å²) in [5.41, 5.74) is -0.259. The van der Waals surface area contributed by atoms with Gasteiger partial charge >= 0.3 is 6.18 Å². The topological polar surface area (TPSA) is 29.1 Å². The third-order valence-corrected chi connectivity index (χ3v) is 12.1. The lowest BCUT2D eigenvalue weighted by Crippen LogP contribution is -2.54. The first-order valence-electron chi connectivity index (χ1n) is 14.3. The lowest BCUT2D eigenvalue weighted by atomic mass is 9.44. The third-order valence-electron chi connectivity index (χ3n) is 11.2. The van der Waals surface area contributed by atoms with Crippen LogP contribution in [0, 0.1) is 40.4 Å². The van der Waals surface area contributed by atoms with Gasteiger partial charge in [0, 0.05) is 11.3 Å². The van der Waals surface area contributed by atoms with Crippen LogP contribution in [0.5, 0.6) is 0 Å². The first-order valence-corrected chi connectivity index (χ1v) is 15.1. The maximum Gasteiger partial charge on any atom is 0.417 e. The molecule has 8 atom stereocenters. The molecule has 206 valence electrons. The van der Waals surface area contributed by atoms with Gasteiger partial charge in [0.2, 0.25) is 5.91 Å². The average molecular weight is 540 g/mol. The zero-order chi connectivity index (χ0) is 26.4. The molecule has 7 heteroatoms. The van der Waals surface area contributed by atoms with E-state index in [1.54, 1.807) is 6.07 Å². The minimum absolute atomic E-state index is 0.0201. The van der Waals surface area contributed by atoms with E-state index in [1.807, 2.05) is 0 Å². The minimum Gasteiger partial charge on any atom is -0.296 e. The van der Waals surface area contributed by atoms with Crippen LogP contribution in [0.1, 0.15) is 96.5 Å². The Balaban J connectivity index is 1.14. The fourth-order valence-corrected chi connectivity index (χ4v) is 10.1. The summed E-state index contributed by atoms with van der Waals surface area (Å²) in [5, 5.41) is 0. The number of hydrogen-bond acceptors (Lipinski definition) is 2. The second-order valence-corrected chi connectivity index (χ2v) is 13.7. The Morgan fingerprint density at radius 2 is 1.70 bits per heavy atom. The average Bonchev–Trinajstić information content (AvgIpc) is 3.18. The summed E-state index contributed by atoms with van der Waals surface area (Å²) >= 11 is 0.757. The largest absolute Gasteiger partial charge is 0.417 e. The second-order valence-electron chi connectivity index (χ2n) is 12.8. The lowest BCUT2D eigenvalue weighted by Gasteiger charge is -2.61. The van der Waals surface area contributed by atoms with E-state index in [9.17, 15) is 22.4 Å². The maximum absolute atomic E-state index is 14.9. The number of rotatable bonds is 6. The molecule has 1 aromatic carbocycles. The molecule has 5 rings (SSSR count). The van der Waals surface area contributed by atoms with E-state index in [1.165, 1.54) is 50.7 Å². The lowest BCUT2D eigenvalue weighted by molar-refractivity contribution is -0.139. The van der Waals surface area contributed by atoms with Gasteiger partial charge in [-0.15, -0.1) is 0 Å². The van der Waals surface area contributed by atoms with Crippen molar-refractivity contribution >= 4 is 17.9 Å². The monoisotopic (exact) mass is 539 g/mol. The van der Waals surface area contributed by atoms with Crippen LogP contribution < -0.4 is 4.72 Å². The molecule has 0 heterocycles. The summed E-state index contributed by atoms with van der Waals surface area (Å²) in [5.74, 6) is 2.71. The van der Waals surface area contributed by atoms with Crippen LogP contribution in [0.3, 0.4) is 0 Å². The van der Waals surface area contributed by atoms with Gasteiger partial charge in [0.05, 0.1) is 5.56 Å². The van der Waals surface area contributed by atoms with E-state index in [4.69, 9.17) is 0 Å². The molecule has 0 radical (unpaired) electrons. The molecule has 4 fully saturated rings. The SMILES string of the molecule is CC12CCC3C(CCC4C(F)CCC[C@@]43C)C1CCC2CCCC(=O)NSc1ccccc1C(F)(F)F. The van der Waals surface area contributed by atoms with Crippen molar-refractivity contribution in [2.75, 3.05) is 0 Å². The zero-order valence-corrected chi connectivity index (χ0v) is 22.9. The van der Waals surface area contributed by atoms with Gasteiger partial charge in [0.15, 0.2) is 0 Å². The Labute approximate surface area is 223 Å². The van der Waals surface area contributed by atoms with Crippen molar-refractivity contribution in [3.05, 3.63) is 29.8 Å². The highest BCUT2D eigenvalue weighted by molar-refractivity contribution is 7.98. The number of amides is 1. The molecule has 1 amide bonds. The quantitative estimate of drug-likeness (QED) is 0.289. The first-order chi connectivity index (χ1) is 17.5. The van der Waals surface area contributed by atoms with Crippen LogP contribution in [-0.2, 0) is 11.0 Å². The van der Waals surface area contributed by atoms with E-state index >= 15 is 0 Å². The minimum atomic E-state index is -4.44. The summed E-state index contributed by atoms with van der Waals surface area (Å²) in [6.45, 7) is 4.88. The molecule has 0 bridgehead atoms. The number of carbonyl (C=O) groups is 1. The van der Waals surface area contributed by atoms with Crippen molar-refractivity contribution < 1.29 is 22.4 Å². The van der Waals surface area contributed by atoms with Crippen molar-refractivity contribution in [3.63, 3.8) is 0 Å².